The molecule has 1 saturated carbocycles. The lowest BCUT2D eigenvalue weighted by atomic mass is 9.98. The van der Waals surface area contributed by atoms with Crippen LogP contribution in [-0.4, -0.2) is 53.3 Å². The van der Waals surface area contributed by atoms with Crippen molar-refractivity contribution in [3.8, 4) is 5.88 Å². The number of aromatic nitrogens is 2. The molecule has 1 saturated heterocycles. The second-order valence-electron chi connectivity index (χ2n) is 7.51. The number of anilines is 1. The van der Waals surface area contributed by atoms with Crippen molar-refractivity contribution in [3.63, 3.8) is 0 Å². The molecule has 0 spiro atoms. The van der Waals surface area contributed by atoms with Crippen LogP contribution in [0.2, 0.25) is 10.0 Å². The Bertz CT molecular complexity index is 848. The van der Waals surface area contributed by atoms with Gasteiger partial charge in [-0.25, -0.2) is 0 Å². The third-order valence-corrected chi connectivity index (χ3v) is 6.07. The highest BCUT2D eigenvalue weighted by atomic mass is 35.5. The summed E-state index contributed by atoms with van der Waals surface area (Å²) in [7, 11) is 0. The minimum atomic E-state index is -0.0753. The van der Waals surface area contributed by atoms with Gasteiger partial charge < -0.3 is 14.5 Å². The first kappa shape index (κ1) is 20.2. The van der Waals surface area contributed by atoms with E-state index in [4.69, 9.17) is 27.9 Å². The Morgan fingerprint density at radius 1 is 0.966 bits per heavy atom. The molecule has 2 aliphatic rings. The van der Waals surface area contributed by atoms with Crippen LogP contribution in [0, 0.1) is 0 Å². The number of carbonyl (C=O) groups is 1. The number of hydrogen-bond donors (Lipinski definition) is 0. The fourth-order valence-electron chi connectivity index (χ4n) is 3.87. The molecule has 154 valence electrons. The van der Waals surface area contributed by atoms with E-state index in [1.54, 1.807) is 23.1 Å². The van der Waals surface area contributed by atoms with E-state index in [1.807, 2.05) is 12.1 Å². The molecule has 0 N–H and O–H groups in total. The van der Waals surface area contributed by atoms with Crippen molar-refractivity contribution in [2.24, 2.45) is 0 Å². The Kier molecular flexibility index (Phi) is 6.40. The van der Waals surface area contributed by atoms with E-state index in [0.717, 1.165) is 18.7 Å². The lowest BCUT2D eigenvalue weighted by Crippen LogP contribution is -2.49. The van der Waals surface area contributed by atoms with Crippen LogP contribution in [0.3, 0.4) is 0 Å². The van der Waals surface area contributed by atoms with Crippen molar-refractivity contribution in [1.29, 1.82) is 0 Å². The predicted molar refractivity (Wildman–Crippen MR) is 114 cm³/mol. The van der Waals surface area contributed by atoms with E-state index in [9.17, 15) is 4.79 Å². The second-order valence-corrected chi connectivity index (χ2v) is 8.35. The van der Waals surface area contributed by atoms with E-state index in [2.05, 4.69) is 15.1 Å². The van der Waals surface area contributed by atoms with E-state index >= 15 is 0 Å². The van der Waals surface area contributed by atoms with Crippen LogP contribution in [0.25, 0.3) is 0 Å². The van der Waals surface area contributed by atoms with Crippen molar-refractivity contribution in [2.45, 2.75) is 38.2 Å². The number of ether oxygens (including phenoxy) is 1. The maximum Gasteiger partial charge on any atom is 0.255 e. The average molecular weight is 435 g/mol. The first-order chi connectivity index (χ1) is 14.1. The highest BCUT2D eigenvalue weighted by Gasteiger charge is 2.24. The average Bonchev–Trinajstić information content (AvgIpc) is 2.75. The van der Waals surface area contributed by atoms with Crippen LogP contribution in [0.15, 0.2) is 30.3 Å². The number of amides is 1. The van der Waals surface area contributed by atoms with Crippen LogP contribution in [-0.2, 0) is 0 Å². The number of halogens is 2. The summed E-state index contributed by atoms with van der Waals surface area (Å²) in [6.07, 6.45) is 6.19. The number of hydrogen-bond acceptors (Lipinski definition) is 5. The molecule has 0 unspecified atom stereocenters. The van der Waals surface area contributed by atoms with Crippen molar-refractivity contribution in [3.05, 3.63) is 45.9 Å². The van der Waals surface area contributed by atoms with Crippen LogP contribution >= 0.6 is 23.2 Å². The number of carbonyl (C=O) groups excluding carboxylic acids is 1. The third kappa shape index (κ3) is 4.93. The summed E-state index contributed by atoms with van der Waals surface area (Å²) in [5, 5.41) is 9.47. The first-order valence-corrected chi connectivity index (χ1v) is 10.9. The predicted octanol–water partition coefficient (Wildman–Crippen LogP) is 4.46. The van der Waals surface area contributed by atoms with Gasteiger partial charge in [-0.1, -0.05) is 29.6 Å². The maximum absolute atomic E-state index is 12.7. The third-order valence-electron chi connectivity index (χ3n) is 5.52. The highest BCUT2D eigenvalue weighted by molar-refractivity contribution is 6.36. The van der Waals surface area contributed by atoms with Gasteiger partial charge in [0.25, 0.3) is 5.91 Å². The largest absolute Gasteiger partial charge is 0.473 e. The quantitative estimate of drug-likeness (QED) is 0.710. The highest BCUT2D eigenvalue weighted by Crippen LogP contribution is 2.25. The molecule has 1 aromatic carbocycles. The van der Waals surface area contributed by atoms with E-state index in [0.29, 0.717) is 47.7 Å². The van der Waals surface area contributed by atoms with Gasteiger partial charge in [0, 0.05) is 37.3 Å². The zero-order valence-corrected chi connectivity index (χ0v) is 17.7. The molecule has 2 aromatic rings. The smallest absolute Gasteiger partial charge is 0.255 e. The number of nitrogens with zero attached hydrogens (tertiary/aromatic N) is 4. The maximum atomic E-state index is 12.7. The molecule has 0 radical (unpaired) electrons. The lowest BCUT2D eigenvalue weighted by molar-refractivity contribution is 0.0746. The van der Waals surface area contributed by atoms with Gasteiger partial charge in [-0.05, 0) is 49.9 Å². The SMILES string of the molecule is O=C(c1ccc(Cl)cc1Cl)N1CCN(c2ccc(OC3CCCCC3)nn2)CC1. The Balaban J connectivity index is 1.32. The van der Waals surface area contributed by atoms with E-state index in [1.165, 1.54) is 19.3 Å². The lowest BCUT2D eigenvalue weighted by Gasteiger charge is -2.35. The molecule has 2 heterocycles. The van der Waals surface area contributed by atoms with Gasteiger partial charge in [-0.2, -0.15) is 0 Å². The zero-order chi connectivity index (χ0) is 20.2. The second kappa shape index (κ2) is 9.18. The van der Waals surface area contributed by atoms with Gasteiger partial charge in [-0.3, -0.25) is 4.79 Å². The molecular weight excluding hydrogens is 411 g/mol. The number of piperazine rings is 1. The fourth-order valence-corrected chi connectivity index (χ4v) is 4.36. The van der Waals surface area contributed by atoms with Gasteiger partial charge >= 0.3 is 0 Å². The monoisotopic (exact) mass is 434 g/mol. The minimum Gasteiger partial charge on any atom is -0.473 e. The van der Waals surface area contributed by atoms with Crippen LogP contribution in [0.4, 0.5) is 5.82 Å². The summed E-state index contributed by atoms with van der Waals surface area (Å²) in [5.41, 5.74) is 0.480. The molecule has 2 fully saturated rings. The van der Waals surface area contributed by atoms with Gasteiger partial charge in [0.2, 0.25) is 5.88 Å². The molecule has 6 nitrogen and oxygen atoms in total. The van der Waals surface area contributed by atoms with Gasteiger partial charge in [0.1, 0.15) is 6.10 Å². The molecular formula is C21H24Cl2N4O2. The molecule has 29 heavy (non-hydrogen) atoms. The zero-order valence-electron chi connectivity index (χ0n) is 16.2. The fraction of sp³-hybridized carbons (Fsp3) is 0.476. The topological polar surface area (TPSA) is 58.6 Å². The summed E-state index contributed by atoms with van der Waals surface area (Å²) in [6, 6.07) is 8.79. The van der Waals surface area contributed by atoms with E-state index in [-0.39, 0.29) is 12.0 Å². The summed E-state index contributed by atoms with van der Waals surface area (Å²) >= 11 is 12.1. The summed E-state index contributed by atoms with van der Waals surface area (Å²) in [5.74, 6) is 1.32. The Morgan fingerprint density at radius 3 is 2.38 bits per heavy atom. The minimum absolute atomic E-state index is 0.0753. The molecule has 0 atom stereocenters. The van der Waals surface area contributed by atoms with Gasteiger partial charge in [-0.15, -0.1) is 10.2 Å². The first-order valence-electron chi connectivity index (χ1n) is 10.1. The summed E-state index contributed by atoms with van der Waals surface area (Å²) in [4.78, 5) is 16.7. The van der Waals surface area contributed by atoms with E-state index < -0.39 is 0 Å². The Morgan fingerprint density at radius 2 is 1.72 bits per heavy atom. The van der Waals surface area contributed by atoms with Crippen molar-refractivity contribution < 1.29 is 9.53 Å². The normalized spacial score (nSPS) is 18.0. The Hall–Kier alpha value is -2.05. The molecule has 1 aliphatic heterocycles. The molecule has 0 bridgehead atoms. The van der Waals surface area contributed by atoms with Gasteiger partial charge in [0.15, 0.2) is 5.82 Å². The van der Waals surface area contributed by atoms with Crippen LogP contribution < -0.4 is 9.64 Å². The number of rotatable bonds is 4. The molecule has 1 aromatic heterocycles. The molecule has 4 rings (SSSR count). The van der Waals surface area contributed by atoms with Gasteiger partial charge in [0.05, 0.1) is 10.6 Å². The van der Waals surface area contributed by atoms with Crippen molar-refractivity contribution in [2.75, 3.05) is 31.1 Å². The standard InChI is InChI=1S/C21H24Cl2N4O2/c22-15-6-7-17(18(23)14-15)21(28)27-12-10-26(11-13-27)19-8-9-20(25-24-19)29-16-4-2-1-3-5-16/h6-9,14,16H,1-5,10-13H2. The van der Waals surface area contributed by atoms with Crippen LogP contribution in [0.5, 0.6) is 5.88 Å². The van der Waals surface area contributed by atoms with Crippen LogP contribution in [0.1, 0.15) is 42.5 Å². The number of benzene rings is 1. The summed E-state index contributed by atoms with van der Waals surface area (Å²) < 4.78 is 5.95. The molecule has 8 heteroatoms. The van der Waals surface area contributed by atoms with Crippen molar-refractivity contribution >= 4 is 34.9 Å². The Labute approximate surface area is 180 Å². The van der Waals surface area contributed by atoms with Crippen molar-refractivity contribution in [1.82, 2.24) is 15.1 Å². The summed E-state index contributed by atoms with van der Waals surface area (Å²) in [6.45, 7) is 2.57. The molecule has 1 aliphatic carbocycles. The molecule has 1 amide bonds.